The Balaban J connectivity index is 1.30. The Morgan fingerprint density at radius 3 is 2.42 bits per heavy atom. The molecule has 12 heteroatoms. The van der Waals surface area contributed by atoms with E-state index in [2.05, 4.69) is 9.97 Å². The minimum Gasteiger partial charge on any atom is -0.493 e. The molecule has 0 atom stereocenters. The topological polar surface area (TPSA) is 101 Å². The number of halogens is 3. The highest BCUT2D eigenvalue weighted by Gasteiger charge is 2.34. The maximum atomic E-state index is 14.0. The summed E-state index contributed by atoms with van der Waals surface area (Å²) in [4.78, 5) is 51.0. The molecule has 0 spiro atoms. The average molecular weight is 618 g/mol. The molecule has 0 bridgehead atoms. The third-order valence-electron chi connectivity index (χ3n) is 8.42. The standard InChI is InChI=1S/C33H30F3N5O4/c1-39(21-13-16-40(17-14-21)22-12-15-37-26(18-22)33(34,35)36)32(44)29-30(45-2)27-28(38-29)23-10-6-7-11-24(23)41(31(27)43)19-25(42)20-8-4-3-5-9-20/h3-12,15,18,21,38H,13-14,16-17,19H2,1-2H3. The quantitative estimate of drug-likeness (QED) is 0.241. The van der Waals surface area contributed by atoms with Crippen LogP contribution >= 0.6 is 0 Å². The molecule has 1 aliphatic rings. The monoisotopic (exact) mass is 617 g/mol. The van der Waals surface area contributed by atoms with Crippen molar-refractivity contribution in [2.45, 2.75) is 31.6 Å². The first kappa shape index (κ1) is 29.9. The molecule has 1 saturated heterocycles. The van der Waals surface area contributed by atoms with Gasteiger partial charge in [-0.2, -0.15) is 13.2 Å². The predicted molar refractivity (Wildman–Crippen MR) is 164 cm³/mol. The Bertz CT molecular complexity index is 1960. The van der Waals surface area contributed by atoms with E-state index in [1.807, 2.05) is 23.1 Å². The number of Topliss-reactive ketones (excluding diaryl/α,β-unsaturated/α-hetero) is 1. The Hall–Kier alpha value is -5.13. The molecule has 0 unspecified atom stereocenters. The van der Waals surface area contributed by atoms with Gasteiger partial charge in [0.25, 0.3) is 11.5 Å². The lowest BCUT2D eigenvalue weighted by molar-refractivity contribution is -0.141. The summed E-state index contributed by atoms with van der Waals surface area (Å²) >= 11 is 0. The number of aromatic nitrogens is 3. The summed E-state index contributed by atoms with van der Waals surface area (Å²) in [6.45, 7) is 0.688. The summed E-state index contributed by atoms with van der Waals surface area (Å²) in [5.74, 6) is -0.534. The van der Waals surface area contributed by atoms with Crippen LogP contribution in [0.5, 0.6) is 5.75 Å². The number of rotatable bonds is 7. The van der Waals surface area contributed by atoms with Gasteiger partial charge in [0.1, 0.15) is 16.8 Å². The van der Waals surface area contributed by atoms with Gasteiger partial charge in [-0.15, -0.1) is 0 Å². The van der Waals surface area contributed by atoms with Crippen molar-refractivity contribution in [2.75, 3.05) is 32.1 Å². The maximum Gasteiger partial charge on any atom is 0.433 e. The van der Waals surface area contributed by atoms with Gasteiger partial charge in [0, 0.05) is 49.0 Å². The van der Waals surface area contributed by atoms with Gasteiger partial charge in [0.15, 0.2) is 11.5 Å². The molecule has 232 valence electrons. The van der Waals surface area contributed by atoms with E-state index in [1.54, 1.807) is 54.4 Å². The van der Waals surface area contributed by atoms with E-state index in [1.165, 1.54) is 11.7 Å². The average Bonchev–Trinajstić information content (AvgIpc) is 3.46. The van der Waals surface area contributed by atoms with Crippen LogP contribution in [0.3, 0.4) is 0 Å². The van der Waals surface area contributed by atoms with E-state index in [0.717, 1.165) is 12.3 Å². The molecule has 3 aromatic heterocycles. The Labute approximate surface area is 255 Å². The number of amides is 1. The summed E-state index contributed by atoms with van der Waals surface area (Å²) in [6.07, 6.45) is -2.35. The third-order valence-corrected chi connectivity index (χ3v) is 8.42. The SMILES string of the molecule is COc1c(C(=O)N(C)C2CCN(c3ccnc(C(F)(F)F)c3)CC2)[nH]c2c1c(=O)n(CC(=O)c1ccccc1)c1ccccc21. The van der Waals surface area contributed by atoms with Gasteiger partial charge in [-0.3, -0.25) is 23.9 Å². The second kappa shape index (κ2) is 11.8. The molecule has 0 saturated carbocycles. The van der Waals surface area contributed by atoms with Gasteiger partial charge in [-0.1, -0.05) is 48.5 Å². The van der Waals surface area contributed by atoms with Crippen LogP contribution in [0, 0.1) is 0 Å². The summed E-state index contributed by atoms with van der Waals surface area (Å²) in [6, 6.07) is 18.2. The molecule has 4 heterocycles. The number of nitrogens with zero attached hydrogens (tertiary/aromatic N) is 4. The number of H-pyrrole nitrogens is 1. The summed E-state index contributed by atoms with van der Waals surface area (Å²) < 4.78 is 46.6. The van der Waals surface area contributed by atoms with E-state index in [9.17, 15) is 27.6 Å². The smallest absolute Gasteiger partial charge is 0.433 e. The molecule has 1 aliphatic heterocycles. The fourth-order valence-electron chi connectivity index (χ4n) is 6.05. The Morgan fingerprint density at radius 1 is 1.04 bits per heavy atom. The fraction of sp³-hybridized carbons (Fsp3) is 0.273. The molecule has 6 rings (SSSR count). The van der Waals surface area contributed by atoms with Crippen LogP contribution in [-0.2, 0) is 12.7 Å². The van der Waals surface area contributed by atoms with Crippen LogP contribution < -0.4 is 15.2 Å². The van der Waals surface area contributed by atoms with Crippen LogP contribution in [0.2, 0.25) is 0 Å². The van der Waals surface area contributed by atoms with Gasteiger partial charge in [0.05, 0.1) is 24.7 Å². The first-order chi connectivity index (χ1) is 21.6. The number of carbonyl (C=O) groups excluding carboxylic acids is 2. The van der Waals surface area contributed by atoms with Gasteiger partial charge in [-0.25, -0.2) is 0 Å². The van der Waals surface area contributed by atoms with Crippen molar-refractivity contribution in [2.24, 2.45) is 0 Å². The Morgan fingerprint density at radius 2 is 1.73 bits per heavy atom. The fourth-order valence-corrected chi connectivity index (χ4v) is 6.05. The molecular weight excluding hydrogens is 587 g/mol. The minimum atomic E-state index is -4.54. The van der Waals surface area contributed by atoms with Crippen molar-refractivity contribution in [1.82, 2.24) is 19.4 Å². The van der Waals surface area contributed by atoms with Crippen molar-refractivity contribution in [3.8, 4) is 5.75 Å². The van der Waals surface area contributed by atoms with Gasteiger partial charge in [0.2, 0.25) is 0 Å². The number of hydrogen-bond donors (Lipinski definition) is 1. The highest BCUT2D eigenvalue weighted by atomic mass is 19.4. The normalized spacial score (nSPS) is 14.2. The number of piperidine rings is 1. The second-order valence-electron chi connectivity index (χ2n) is 11.0. The molecule has 9 nitrogen and oxygen atoms in total. The number of fused-ring (bicyclic) bond motifs is 3. The van der Waals surface area contributed by atoms with Crippen LogP contribution in [0.15, 0.2) is 77.7 Å². The summed E-state index contributed by atoms with van der Waals surface area (Å²) in [7, 11) is 3.05. The van der Waals surface area contributed by atoms with E-state index < -0.39 is 17.4 Å². The van der Waals surface area contributed by atoms with Crippen molar-refractivity contribution in [3.05, 3.63) is 100 Å². The van der Waals surface area contributed by atoms with Gasteiger partial charge in [-0.05, 0) is 31.0 Å². The van der Waals surface area contributed by atoms with E-state index in [0.29, 0.717) is 53.6 Å². The number of methoxy groups -OCH3 is 1. The number of aromatic amines is 1. The molecule has 45 heavy (non-hydrogen) atoms. The van der Waals surface area contributed by atoms with E-state index in [4.69, 9.17) is 4.74 Å². The molecule has 2 aromatic carbocycles. The number of para-hydroxylation sites is 1. The zero-order chi connectivity index (χ0) is 31.9. The lowest BCUT2D eigenvalue weighted by atomic mass is 10.0. The first-order valence-corrected chi connectivity index (χ1v) is 14.4. The lowest BCUT2D eigenvalue weighted by Gasteiger charge is -2.37. The predicted octanol–water partition coefficient (Wildman–Crippen LogP) is 5.53. The molecular formula is C33H30F3N5O4. The molecule has 0 aliphatic carbocycles. The number of carbonyl (C=O) groups is 2. The van der Waals surface area contributed by atoms with Gasteiger partial charge < -0.3 is 19.5 Å². The number of nitrogens with one attached hydrogen (secondary N) is 1. The lowest BCUT2D eigenvalue weighted by Crippen LogP contribution is -2.45. The van der Waals surface area contributed by atoms with Crippen molar-refractivity contribution in [1.29, 1.82) is 0 Å². The van der Waals surface area contributed by atoms with Crippen molar-refractivity contribution in [3.63, 3.8) is 0 Å². The van der Waals surface area contributed by atoms with Crippen molar-refractivity contribution < 1.29 is 27.5 Å². The summed E-state index contributed by atoms with van der Waals surface area (Å²) in [5.41, 5.74) is 0.561. The number of benzene rings is 2. The zero-order valence-electron chi connectivity index (χ0n) is 24.6. The maximum absolute atomic E-state index is 14.0. The second-order valence-corrected chi connectivity index (χ2v) is 11.0. The van der Waals surface area contributed by atoms with Crippen LogP contribution in [-0.4, -0.2) is 64.4 Å². The first-order valence-electron chi connectivity index (χ1n) is 14.4. The van der Waals surface area contributed by atoms with E-state index in [-0.39, 0.29) is 41.1 Å². The van der Waals surface area contributed by atoms with Crippen LogP contribution in [0.4, 0.5) is 18.9 Å². The molecule has 1 amide bonds. The number of ketones is 1. The number of hydrogen-bond acceptors (Lipinski definition) is 6. The van der Waals surface area contributed by atoms with Gasteiger partial charge >= 0.3 is 6.18 Å². The molecule has 5 aromatic rings. The zero-order valence-corrected chi connectivity index (χ0v) is 24.6. The third kappa shape index (κ3) is 5.52. The number of pyridine rings is 2. The van der Waals surface area contributed by atoms with E-state index >= 15 is 0 Å². The minimum absolute atomic E-state index is 0.0902. The number of anilines is 1. The molecule has 1 fully saturated rings. The largest absolute Gasteiger partial charge is 0.493 e. The number of alkyl halides is 3. The highest BCUT2D eigenvalue weighted by molar-refractivity contribution is 6.11. The van der Waals surface area contributed by atoms with Crippen molar-refractivity contribution >= 4 is 39.2 Å². The summed E-state index contributed by atoms with van der Waals surface area (Å²) in [5, 5.41) is 0.818. The molecule has 1 N–H and O–H groups in total. The highest BCUT2D eigenvalue weighted by Crippen LogP contribution is 2.34. The molecule has 0 radical (unpaired) electrons. The number of ether oxygens (including phenoxy) is 1. The Kier molecular flexibility index (Phi) is 7.81. The van der Waals surface area contributed by atoms with Crippen LogP contribution in [0.1, 0.15) is 39.4 Å². The van der Waals surface area contributed by atoms with Crippen LogP contribution in [0.25, 0.3) is 21.8 Å².